The minimum absolute atomic E-state index is 1.01. The highest BCUT2D eigenvalue weighted by atomic mass is 15.0. The molecule has 0 spiro atoms. The summed E-state index contributed by atoms with van der Waals surface area (Å²) in [7, 11) is 0. The molecule has 0 radical (unpaired) electrons. The van der Waals surface area contributed by atoms with E-state index < -0.39 is 0 Å². The lowest BCUT2D eigenvalue weighted by Gasteiger charge is -2.16. The Kier molecular flexibility index (Phi) is 5.08. The van der Waals surface area contributed by atoms with E-state index in [9.17, 15) is 0 Å². The van der Waals surface area contributed by atoms with E-state index in [1.54, 1.807) is 0 Å². The Bertz CT molecular complexity index is 2910. The van der Waals surface area contributed by atoms with Crippen LogP contribution in [0.15, 0.2) is 158 Å². The van der Waals surface area contributed by atoms with Crippen molar-refractivity contribution in [2.45, 2.75) is 0 Å². The number of hydrogen-bond donors (Lipinski definition) is 0. The fourth-order valence-corrected chi connectivity index (χ4v) is 8.16. The third-order valence-corrected chi connectivity index (χ3v) is 10.1. The third-order valence-electron chi connectivity index (χ3n) is 10.1. The highest BCUT2D eigenvalue weighted by molar-refractivity contribution is 6.25. The number of benzene rings is 7. The van der Waals surface area contributed by atoms with E-state index in [4.69, 9.17) is 9.97 Å². The Morgan fingerprint density at radius 1 is 0.333 bits per heavy atom. The average molecular weight is 611 g/mol. The smallest absolute Gasteiger partial charge is 0.0801 e. The van der Waals surface area contributed by atoms with Gasteiger partial charge in [-0.05, 0) is 47.2 Å². The highest BCUT2D eigenvalue weighted by Gasteiger charge is 2.23. The lowest BCUT2D eigenvalue weighted by atomic mass is 10.0. The maximum absolute atomic E-state index is 4.94. The van der Waals surface area contributed by atoms with Crippen molar-refractivity contribution < 1.29 is 0 Å². The van der Waals surface area contributed by atoms with E-state index in [1.807, 2.05) is 24.5 Å². The van der Waals surface area contributed by atoms with Crippen LogP contribution in [0.5, 0.6) is 0 Å². The largest absolute Gasteiger partial charge is 0.306 e. The maximum atomic E-state index is 4.94. The Balaban J connectivity index is 1.41. The zero-order valence-corrected chi connectivity index (χ0v) is 25.8. The van der Waals surface area contributed by atoms with Crippen LogP contribution in [-0.4, -0.2) is 19.1 Å². The van der Waals surface area contributed by atoms with Gasteiger partial charge >= 0.3 is 0 Å². The van der Waals surface area contributed by atoms with Crippen LogP contribution in [0.3, 0.4) is 0 Å². The van der Waals surface area contributed by atoms with Crippen molar-refractivity contribution in [3.05, 3.63) is 158 Å². The summed E-state index contributed by atoms with van der Waals surface area (Å²) < 4.78 is 4.97. The molecule has 0 aliphatic heterocycles. The van der Waals surface area contributed by atoms with Gasteiger partial charge in [0, 0.05) is 55.5 Å². The summed E-state index contributed by atoms with van der Waals surface area (Å²) in [5.74, 6) is 0. The van der Waals surface area contributed by atoms with Crippen molar-refractivity contribution in [3.8, 4) is 11.4 Å². The predicted octanol–water partition coefficient (Wildman–Crippen LogP) is 11.3. The van der Waals surface area contributed by atoms with Crippen molar-refractivity contribution in [2.24, 2.45) is 0 Å². The van der Waals surface area contributed by atoms with Gasteiger partial charge in [-0.2, -0.15) is 0 Å². The topological polar surface area (TPSA) is 35.6 Å². The summed E-state index contributed by atoms with van der Waals surface area (Å²) >= 11 is 0. The first-order valence-corrected chi connectivity index (χ1v) is 16.3. The van der Waals surface area contributed by atoms with E-state index in [1.165, 1.54) is 54.4 Å². The molecule has 0 aliphatic rings. The lowest BCUT2D eigenvalue weighted by molar-refractivity contribution is 1.17. The summed E-state index contributed by atoms with van der Waals surface area (Å²) in [6.45, 7) is 0. The van der Waals surface area contributed by atoms with Crippen molar-refractivity contribution in [3.63, 3.8) is 0 Å². The minimum Gasteiger partial charge on any atom is -0.306 e. The first-order valence-electron chi connectivity index (χ1n) is 16.3. The summed E-state index contributed by atoms with van der Waals surface area (Å²) in [6.07, 6.45) is 3.80. The number of fused-ring (bicyclic) bond motifs is 13. The number of para-hydroxylation sites is 2. The van der Waals surface area contributed by atoms with Gasteiger partial charge in [0.1, 0.15) is 0 Å². The molecule has 11 aromatic rings. The van der Waals surface area contributed by atoms with Crippen LogP contribution in [0.2, 0.25) is 0 Å². The summed E-state index contributed by atoms with van der Waals surface area (Å²) in [4.78, 5) is 9.88. The molecule has 48 heavy (non-hydrogen) atoms. The van der Waals surface area contributed by atoms with Crippen LogP contribution in [0.25, 0.3) is 98.3 Å². The molecule has 4 heteroatoms. The standard InChI is InChI=1S/C44H26N4/c1-3-15-35-31(13-1)33-23-24-34-32-14-2-4-16-36(32)48(38-18-6-10-28-20-22-30-12-8-26-46-42(30)40(28)38)44(34)43(33)47(35)37-17-5-9-27-19-21-29-11-7-25-45-41(29)39(27)37/h1-26H. The zero-order chi connectivity index (χ0) is 31.3. The maximum Gasteiger partial charge on any atom is 0.0801 e. The van der Waals surface area contributed by atoms with Gasteiger partial charge in [0.2, 0.25) is 0 Å². The first kappa shape index (κ1) is 25.6. The second-order valence-corrected chi connectivity index (χ2v) is 12.6. The molecular weight excluding hydrogens is 585 g/mol. The number of rotatable bonds is 2. The molecule has 0 atom stereocenters. The third kappa shape index (κ3) is 3.33. The Labute approximate surface area is 274 Å². The first-order chi connectivity index (χ1) is 23.8. The van der Waals surface area contributed by atoms with Crippen molar-refractivity contribution in [2.75, 3.05) is 0 Å². The van der Waals surface area contributed by atoms with Crippen LogP contribution in [0, 0.1) is 0 Å². The monoisotopic (exact) mass is 610 g/mol. The zero-order valence-electron chi connectivity index (χ0n) is 25.8. The molecule has 222 valence electrons. The van der Waals surface area contributed by atoms with E-state index >= 15 is 0 Å². The molecule has 0 unspecified atom stereocenters. The van der Waals surface area contributed by atoms with Crippen LogP contribution in [-0.2, 0) is 0 Å². The molecule has 7 aromatic carbocycles. The van der Waals surface area contributed by atoms with E-state index in [0.29, 0.717) is 0 Å². The molecule has 0 amide bonds. The number of pyridine rings is 2. The van der Waals surface area contributed by atoms with Crippen molar-refractivity contribution >= 4 is 87.0 Å². The lowest BCUT2D eigenvalue weighted by Crippen LogP contribution is -2.01. The molecule has 0 saturated heterocycles. The van der Waals surface area contributed by atoms with Crippen LogP contribution in [0.4, 0.5) is 0 Å². The minimum atomic E-state index is 1.01. The Morgan fingerprint density at radius 3 is 1.27 bits per heavy atom. The van der Waals surface area contributed by atoms with Gasteiger partial charge in [0.25, 0.3) is 0 Å². The van der Waals surface area contributed by atoms with Crippen LogP contribution in [0.1, 0.15) is 0 Å². The molecule has 0 bridgehead atoms. The highest BCUT2D eigenvalue weighted by Crippen LogP contribution is 2.44. The van der Waals surface area contributed by atoms with Gasteiger partial charge in [-0.1, -0.05) is 109 Å². The number of aromatic nitrogens is 4. The fraction of sp³-hybridized carbons (Fsp3) is 0. The summed E-state index contributed by atoms with van der Waals surface area (Å²) in [6, 6.07) is 52.6. The van der Waals surface area contributed by atoms with Crippen LogP contribution >= 0.6 is 0 Å². The molecule has 0 N–H and O–H groups in total. The number of hydrogen-bond acceptors (Lipinski definition) is 2. The SMILES string of the molecule is c1cnc2c(c1)ccc1cccc(-n3c4ccccc4c4ccc5c6ccccc6n(-c6cccc7ccc8cccnc8c67)c5c43)c12. The van der Waals surface area contributed by atoms with E-state index in [2.05, 4.69) is 143 Å². The van der Waals surface area contributed by atoms with Gasteiger partial charge < -0.3 is 9.13 Å². The Morgan fingerprint density at radius 2 is 0.771 bits per heavy atom. The van der Waals surface area contributed by atoms with Gasteiger partial charge in [-0.3, -0.25) is 9.97 Å². The molecule has 0 aliphatic carbocycles. The summed E-state index contributed by atoms with van der Waals surface area (Å²) in [5.41, 5.74) is 8.96. The molecule has 4 aromatic heterocycles. The molecule has 11 rings (SSSR count). The normalized spacial score (nSPS) is 12.2. The molecule has 4 nitrogen and oxygen atoms in total. The van der Waals surface area contributed by atoms with Gasteiger partial charge in [-0.15, -0.1) is 0 Å². The van der Waals surface area contributed by atoms with Crippen molar-refractivity contribution in [1.82, 2.24) is 19.1 Å². The fourth-order valence-electron chi connectivity index (χ4n) is 8.16. The summed E-state index contributed by atoms with van der Waals surface area (Å²) in [5, 5.41) is 11.8. The molecular formula is C44H26N4. The second kappa shape index (κ2) is 9.50. The average Bonchev–Trinajstić information content (AvgIpc) is 3.67. The second-order valence-electron chi connectivity index (χ2n) is 12.6. The van der Waals surface area contributed by atoms with Crippen molar-refractivity contribution in [1.29, 1.82) is 0 Å². The van der Waals surface area contributed by atoms with Crippen LogP contribution < -0.4 is 0 Å². The molecule has 4 heterocycles. The van der Waals surface area contributed by atoms with Gasteiger partial charge in [0.05, 0.1) is 44.5 Å². The van der Waals surface area contributed by atoms with E-state index in [0.717, 1.165) is 44.0 Å². The Hall–Kier alpha value is -6.52. The van der Waals surface area contributed by atoms with E-state index in [-0.39, 0.29) is 0 Å². The van der Waals surface area contributed by atoms with Gasteiger partial charge in [-0.25, -0.2) is 0 Å². The quantitative estimate of drug-likeness (QED) is 0.183. The predicted molar refractivity (Wildman–Crippen MR) is 201 cm³/mol. The molecule has 0 saturated carbocycles. The van der Waals surface area contributed by atoms with Gasteiger partial charge in [0.15, 0.2) is 0 Å². The molecule has 0 fully saturated rings. The number of nitrogens with zero attached hydrogens (tertiary/aromatic N) is 4.